The maximum absolute atomic E-state index is 12.7. The van der Waals surface area contributed by atoms with Crippen LogP contribution in [0.15, 0.2) is 18.2 Å². The zero-order valence-corrected chi connectivity index (χ0v) is 11.8. The number of likely N-dealkylation sites (tertiary alicyclic amines) is 1. The Labute approximate surface area is 119 Å². The standard InChI is InChI=1S/C16H22N2O2/c17-7-1-3-15-4-2-8-18(15)16(19)12-5-6-13-10-20-11-14(13)9-12/h5-6,9,15H,1-4,7-8,10-11,17H2. The lowest BCUT2D eigenvalue weighted by Crippen LogP contribution is -2.35. The van der Waals surface area contributed by atoms with Crippen LogP contribution in [0, 0.1) is 0 Å². The molecule has 0 saturated carbocycles. The molecule has 2 heterocycles. The second kappa shape index (κ2) is 5.94. The van der Waals surface area contributed by atoms with Gasteiger partial charge >= 0.3 is 0 Å². The number of amides is 1. The fourth-order valence-corrected chi connectivity index (χ4v) is 3.23. The molecule has 2 N–H and O–H groups in total. The van der Waals surface area contributed by atoms with E-state index in [0.29, 0.717) is 25.8 Å². The van der Waals surface area contributed by atoms with E-state index in [1.54, 1.807) is 0 Å². The fourth-order valence-electron chi connectivity index (χ4n) is 3.23. The molecule has 0 bridgehead atoms. The van der Waals surface area contributed by atoms with Crippen LogP contribution < -0.4 is 5.73 Å². The monoisotopic (exact) mass is 274 g/mol. The first kappa shape index (κ1) is 13.6. The van der Waals surface area contributed by atoms with E-state index in [-0.39, 0.29) is 5.91 Å². The summed E-state index contributed by atoms with van der Waals surface area (Å²) in [6.07, 6.45) is 4.23. The minimum atomic E-state index is 0.166. The van der Waals surface area contributed by atoms with Gasteiger partial charge in [0.2, 0.25) is 0 Å². The Morgan fingerprint density at radius 3 is 3.05 bits per heavy atom. The minimum Gasteiger partial charge on any atom is -0.372 e. The normalized spacial score (nSPS) is 21.2. The number of rotatable bonds is 4. The first-order valence-electron chi connectivity index (χ1n) is 7.50. The summed E-state index contributed by atoms with van der Waals surface area (Å²) in [4.78, 5) is 14.7. The van der Waals surface area contributed by atoms with Crippen LogP contribution >= 0.6 is 0 Å². The molecule has 1 aromatic carbocycles. The van der Waals surface area contributed by atoms with Gasteiger partial charge in [-0.25, -0.2) is 0 Å². The van der Waals surface area contributed by atoms with Gasteiger partial charge in [-0.15, -0.1) is 0 Å². The third kappa shape index (κ3) is 2.58. The largest absolute Gasteiger partial charge is 0.372 e. The maximum Gasteiger partial charge on any atom is 0.254 e. The van der Waals surface area contributed by atoms with Crippen molar-refractivity contribution in [1.82, 2.24) is 4.90 Å². The van der Waals surface area contributed by atoms with E-state index in [2.05, 4.69) is 0 Å². The van der Waals surface area contributed by atoms with E-state index in [9.17, 15) is 4.79 Å². The molecular weight excluding hydrogens is 252 g/mol. The highest BCUT2D eigenvalue weighted by Gasteiger charge is 2.29. The highest BCUT2D eigenvalue weighted by molar-refractivity contribution is 5.95. The van der Waals surface area contributed by atoms with Crippen LogP contribution in [-0.4, -0.2) is 29.9 Å². The van der Waals surface area contributed by atoms with E-state index < -0.39 is 0 Å². The number of benzene rings is 1. The fraction of sp³-hybridized carbons (Fsp3) is 0.562. The summed E-state index contributed by atoms with van der Waals surface area (Å²) in [7, 11) is 0. The van der Waals surface area contributed by atoms with Crippen molar-refractivity contribution < 1.29 is 9.53 Å². The van der Waals surface area contributed by atoms with Gasteiger partial charge in [-0.05, 0) is 55.5 Å². The molecule has 4 nitrogen and oxygen atoms in total. The van der Waals surface area contributed by atoms with Crippen LogP contribution in [0.4, 0.5) is 0 Å². The van der Waals surface area contributed by atoms with Crippen molar-refractivity contribution in [3.05, 3.63) is 34.9 Å². The first-order chi connectivity index (χ1) is 9.79. The van der Waals surface area contributed by atoms with Crippen molar-refractivity contribution in [3.8, 4) is 0 Å². The van der Waals surface area contributed by atoms with Crippen LogP contribution in [0.5, 0.6) is 0 Å². The molecule has 1 fully saturated rings. The quantitative estimate of drug-likeness (QED) is 0.914. The van der Waals surface area contributed by atoms with Crippen molar-refractivity contribution in [2.24, 2.45) is 5.73 Å². The van der Waals surface area contributed by atoms with Crippen molar-refractivity contribution in [2.75, 3.05) is 13.1 Å². The Hall–Kier alpha value is -1.39. The molecular formula is C16H22N2O2. The number of carbonyl (C=O) groups is 1. The molecule has 1 amide bonds. The second-order valence-electron chi connectivity index (χ2n) is 5.70. The Kier molecular flexibility index (Phi) is 4.03. The van der Waals surface area contributed by atoms with Crippen molar-refractivity contribution in [3.63, 3.8) is 0 Å². The summed E-state index contributed by atoms with van der Waals surface area (Å²) >= 11 is 0. The Bertz CT molecular complexity index is 501. The number of carbonyl (C=O) groups excluding carboxylic acids is 1. The second-order valence-corrected chi connectivity index (χ2v) is 5.70. The predicted octanol–water partition coefficient (Wildman–Crippen LogP) is 2.06. The molecule has 20 heavy (non-hydrogen) atoms. The smallest absolute Gasteiger partial charge is 0.254 e. The Morgan fingerprint density at radius 2 is 2.20 bits per heavy atom. The summed E-state index contributed by atoms with van der Waals surface area (Å²) < 4.78 is 5.41. The lowest BCUT2D eigenvalue weighted by Gasteiger charge is -2.25. The highest BCUT2D eigenvalue weighted by atomic mass is 16.5. The van der Waals surface area contributed by atoms with Gasteiger partial charge in [0.15, 0.2) is 0 Å². The number of nitrogens with two attached hydrogens (primary N) is 1. The summed E-state index contributed by atoms with van der Waals surface area (Å²) in [5.74, 6) is 0.166. The highest BCUT2D eigenvalue weighted by Crippen LogP contribution is 2.26. The molecule has 1 unspecified atom stereocenters. The molecule has 3 rings (SSSR count). The number of hydrogen-bond acceptors (Lipinski definition) is 3. The molecule has 0 spiro atoms. The lowest BCUT2D eigenvalue weighted by atomic mass is 10.0. The van der Waals surface area contributed by atoms with Crippen molar-refractivity contribution in [2.45, 2.75) is 44.9 Å². The van der Waals surface area contributed by atoms with Gasteiger partial charge in [-0.3, -0.25) is 4.79 Å². The number of fused-ring (bicyclic) bond motifs is 1. The summed E-state index contributed by atoms with van der Waals surface area (Å²) in [6, 6.07) is 6.34. The summed E-state index contributed by atoms with van der Waals surface area (Å²) in [6.45, 7) is 2.88. The average molecular weight is 274 g/mol. The average Bonchev–Trinajstić information content (AvgIpc) is 3.12. The first-order valence-corrected chi connectivity index (χ1v) is 7.50. The van der Waals surface area contributed by atoms with Crippen molar-refractivity contribution in [1.29, 1.82) is 0 Å². The molecule has 2 aliphatic rings. The molecule has 2 aliphatic heterocycles. The lowest BCUT2D eigenvalue weighted by molar-refractivity contribution is 0.0729. The molecule has 108 valence electrons. The molecule has 4 heteroatoms. The van der Waals surface area contributed by atoms with Gasteiger partial charge in [0.05, 0.1) is 13.2 Å². The van der Waals surface area contributed by atoms with Crippen LogP contribution in [-0.2, 0) is 18.0 Å². The Morgan fingerprint density at radius 1 is 1.35 bits per heavy atom. The van der Waals surface area contributed by atoms with Gasteiger partial charge in [-0.1, -0.05) is 6.07 Å². The van der Waals surface area contributed by atoms with Gasteiger partial charge < -0.3 is 15.4 Å². The van der Waals surface area contributed by atoms with Gasteiger partial charge in [-0.2, -0.15) is 0 Å². The SMILES string of the molecule is NCCCC1CCCN1C(=O)c1ccc2c(c1)COC2. The number of ether oxygens (including phenoxy) is 1. The number of nitrogens with zero attached hydrogens (tertiary/aromatic N) is 1. The Balaban J connectivity index is 1.74. The zero-order valence-electron chi connectivity index (χ0n) is 11.8. The van der Waals surface area contributed by atoms with Crippen LogP contribution in [0.1, 0.15) is 47.2 Å². The predicted molar refractivity (Wildman–Crippen MR) is 77.3 cm³/mol. The van der Waals surface area contributed by atoms with Gasteiger partial charge in [0.25, 0.3) is 5.91 Å². The zero-order chi connectivity index (χ0) is 13.9. The van der Waals surface area contributed by atoms with E-state index in [1.165, 1.54) is 5.56 Å². The van der Waals surface area contributed by atoms with E-state index in [4.69, 9.17) is 10.5 Å². The van der Waals surface area contributed by atoms with Crippen molar-refractivity contribution >= 4 is 5.91 Å². The topological polar surface area (TPSA) is 55.6 Å². The molecule has 1 aromatic rings. The van der Waals surface area contributed by atoms with Gasteiger partial charge in [0, 0.05) is 18.2 Å². The van der Waals surface area contributed by atoms with E-state index in [0.717, 1.165) is 43.4 Å². The molecule has 0 radical (unpaired) electrons. The summed E-state index contributed by atoms with van der Waals surface area (Å²) in [5, 5.41) is 0. The minimum absolute atomic E-state index is 0.166. The van der Waals surface area contributed by atoms with E-state index >= 15 is 0 Å². The third-order valence-electron chi connectivity index (χ3n) is 4.35. The van der Waals surface area contributed by atoms with Crippen LogP contribution in [0.2, 0.25) is 0 Å². The van der Waals surface area contributed by atoms with Crippen LogP contribution in [0.3, 0.4) is 0 Å². The molecule has 0 aliphatic carbocycles. The molecule has 1 saturated heterocycles. The van der Waals surface area contributed by atoms with Gasteiger partial charge in [0.1, 0.15) is 0 Å². The molecule has 0 aromatic heterocycles. The van der Waals surface area contributed by atoms with E-state index in [1.807, 2.05) is 23.1 Å². The summed E-state index contributed by atoms with van der Waals surface area (Å²) in [5.41, 5.74) is 8.75. The molecule has 1 atom stereocenters. The third-order valence-corrected chi connectivity index (χ3v) is 4.35. The maximum atomic E-state index is 12.7. The van der Waals surface area contributed by atoms with Crippen LogP contribution in [0.25, 0.3) is 0 Å². The number of hydrogen-bond donors (Lipinski definition) is 1.